The number of piperidine rings is 1. The molecule has 1 N–H and O–H groups in total. The normalized spacial score (nSPS) is 26.3. The third-order valence-corrected chi connectivity index (χ3v) is 5.50. The molecule has 0 saturated carbocycles. The van der Waals surface area contributed by atoms with Crippen molar-refractivity contribution in [2.75, 3.05) is 25.2 Å². The molecule has 2 aliphatic heterocycles. The summed E-state index contributed by atoms with van der Waals surface area (Å²) in [5, 5.41) is 3.59. The van der Waals surface area contributed by atoms with Gasteiger partial charge in [-0.05, 0) is 55.7 Å². The molecule has 2 aliphatic rings. The number of nitrogens with one attached hydrogen (secondary N) is 1. The van der Waals surface area contributed by atoms with Crippen LogP contribution >= 0.6 is 11.8 Å². The lowest BCUT2D eigenvalue weighted by molar-refractivity contribution is 0.202. The summed E-state index contributed by atoms with van der Waals surface area (Å²) in [6, 6.07) is 6.89. The minimum atomic E-state index is 0.330. The summed E-state index contributed by atoms with van der Waals surface area (Å²) in [5.74, 6) is 4.12. The van der Waals surface area contributed by atoms with Crippen molar-refractivity contribution in [3.05, 3.63) is 23.8 Å². The van der Waals surface area contributed by atoms with Gasteiger partial charge in [-0.3, -0.25) is 0 Å². The molecular formula is C17H25NO2S. The van der Waals surface area contributed by atoms with Crippen molar-refractivity contribution >= 4 is 11.8 Å². The van der Waals surface area contributed by atoms with Gasteiger partial charge in [-0.15, -0.1) is 0 Å². The summed E-state index contributed by atoms with van der Waals surface area (Å²) in [4.78, 5) is 0. The van der Waals surface area contributed by atoms with Crippen LogP contribution in [0.2, 0.25) is 0 Å². The maximum atomic E-state index is 6.15. The molecule has 0 amide bonds. The number of benzene rings is 1. The van der Waals surface area contributed by atoms with Gasteiger partial charge in [0.25, 0.3) is 0 Å². The summed E-state index contributed by atoms with van der Waals surface area (Å²) < 4.78 is 11.7. The van der Waals surface area contributed by atoms with Crippen LogP contribution in [0.25, 0.3) is 0 Å². The second-order valence-corrected chi connectivity index (χ2v) is 7.02. The zero-order chi connectivity index (χ0) is 14.5. The molecule has 2 heterocycles. The van der Waals surface area contributed by atoms with E-state index in [0.717, 1.165) is 30.2 Å². The molecule has 0 bridgehead atoms. The largest absolute Gasteiger partial charge is 0.493 e. The first-order chi connectivity index (χ1) is 10.4. The van der Waals surface area contributed by atoms with Crippen molar-refractivity contribution in [1.82, 2.24) is 5.32 Å². The van der Waals surface area contributed by atoms with Gasteiger partial charge >= 0.3 is 0 Å². The van der Waals surface area contributed by atoms with E-state index in [1.807, 2.05) is 11.8 Å². The monoisotopic (exact) mass is 307 g/mol. The maximum absolute atomic E-state index is 6.15. The van der Waals surface area contributed by atoms with Gasteiger partial charge < -0.3 is 14.8 Å². The Bertz CT molecular complexity index is 454. The second kappa shape index (κ2) is 7.41. The predicted octanol–water partition coefficient (Wildman–Crippen LogP) is 3.78. The molecule has 21 heavy (non-hydrogen) atoms. The Morgan fingerprint density at radius 3 is 2.81 bits per heavy atom. The van der Waals surface area contributed by atoms with E-state index in [1.165, 1.54) is 37.0 Å². The fourth-order valence-corrected chi connectivity index (χ4v) is 4.15. The van der Waals surface area contributed by atoms with Gasteiger partial charge in [0.15, 0.2) is 11.5 Å². The second-order valence-electron chi connectivity index (χ2n) is 5.87. The van der Waals surface area contributed by atoms with Gasteiger partial charge in [0.1, 0.15) is 6.10 Å². The Kier molecular flexibility index (Phi) is 5.31. The fourth-order valence-electron chi connectivity index (χ4n) is 3.12. The molecule has 2 unspecified atom stereocenters. The molecule has 0 radical (unpaired) electrons. The molecule has 0 aromatic heterocycles. The average Bonchev–Trinajstić information content (AvgIpc) is 2.57. The molecule has 3 rings (SSSR count). The Labute approximate surface area is 131 Å². The van der Waals surface area contributed by atoms with Crippen LogP contribution in [0.3, 0.4) is 0 Å². The van der Waals surface area contributed by atoms with Crippen LogP contribution in [0.15, 0.2) is 18.2 Å². The molecule has 2 saturated heterocycles. The van der Waals surface area contributed by atoms with Crippen LogP contribution in [0.4, 0.5) is 0 Å². The molecule has 1 aromatic carbocycles. The standard InChI is InChI=1S/C17H25NO2S/c1-19-17-11-13(15-6-2-3-9-18-15)7-8-16(17)20-14-5-4-10-21-12-14/h7-8,11,14-15,18H,2-6,9-10,12H2,1H3. The van der Waals surface area contributed by atoms with E-state index in [-0.39, 0.29) is 0 Å². The van der Waals surface area contributed by atoms with Gasteiger partial charge in [-0.2, -0.15) is 11.8 Å². The number of ether oxygens (including phenoxy) is 2. The van der Waals surface area contributed by atoms with E-state index in [1.54, 1.807) is 7.11 Å². The van der Waals surface area contributed by atoms with Crippen molar-refractivity contribution in [2.45, 2.75) is 44.2 Å². The van der Waals surface area contributed by atoms with E-state index in [4.69, 9.17) is 9.47 Å². The van der Waals surface area contributed by atoms with Crippen LogP contribution in [-0.2, 0) is 0 Å². The summed E-state index contributed by atoms with van der Waals surface area (Å²) in [5.41, 5.74) is 1.32. The topological polar surface area (TPSA) is 30.5 Å². The van der Waals surface area contributed by atoms with Crippen molar-refractivity contribution in [2.24, 2.45) is 0 Å². The number of hydrogen-bond donors (Lipinski definition) is 1. The van der Waals surface area contributed by atoms with Crippen LogP contribution in [0, 0.1) is 0 Å². The molecule has 0 spiro atoms. The number of hydrogen-bond acceptors (Lipinski definition) is 4. The highest BCUT2D eigenvalue weighted by molar-refractivity contribution is 7.99. The van der Waals surface area contributed by atoms with Crippen molar-refractivity contribution in [3.63, 3.8) is 0 Å². The smallest absolute Gasteiger partial charge is 0.161 e. The van der Waals surface area contributed by atoms with Gasteiger partial charge in [0.05, 0.1) is 7.11 Å². The summed E-state index contributed by atoms with van der Waals surface area (Å²) in [6.45, 7) is 1.12. The quantitative estimate of drug-likeness (QED) is 0.917. The SMILES string of the molecule is COc1cc(C2CCCCN2)ccc1OC1CCCSC1. The first-order valence-corrected chi connectivity index (χ1v) is 9.18. The van der Waals surface area contributed by atoms with E-state index in [2.05, 4.69) is 23.5 Å². The van der Waals surface area contributed by atoms with Gasteiger partial charge in [0.2, 0.25) is 0 Å². The van der Waals surface area contributed by atoms with Crippen molar-refractivity contribution < 1.29 is 9.47 Å². The first kappa shape index (κ1) is 15.0. The van der Waals surface area contributed by atoms with Crippen LogP contribution in [0.5, 0.6) is 11.5 Å². The van der Waals surface area contributed by atoms with E-state index in [9.17, 15) is 0 Å². The highest BCUT2D eigenvalue weighted by Gasteiger charge is 2.20. The molecule has 1 aromatic rings. The zero-order valence-corrected chi connectivity index (χ0v) is 13.6. The van der Waals surface area contributed by atoms with Crippen LogP contribution in [0.1, 0.15) is 43.7 Å². The van der Waals surface area contributed by atoms with Gasteiger partial charge in [-0.25, -0.2) is 0 Å². The minimum absolute atomic E-state index is 0.330. The fraction of sp³-hybridized carbons (Fsp3) is 0.647. The molecule has 116 valence electrons. The highest BCUT2D eigenvalue weighted by atomic mass is 32.2. The Morgan fingerprint density at radius 2 is 2.10 bits per heavy atom. The number of rotatable bonds is 4. The zero-order valence-electron chi connectivity index (χ0n) is 12.8. The van der Waals surface area contributed by atoms with Gasteiger partial charge in [-0.1, -0.05) is 12.5 Å². The lowest BCUT2D eigenvalue weighted by Gasteiger charge is -2.26. The predicted molar refractivity (Wildman–Crippen MR) is 88.6 cm³/mol. The lowest BCUT2D eigenvalue weighted by Crippen LogP contribution is -2.27. The van der Waals surface area contributed by atoms with Crippen molar-refractivity contribution in [3.8, 4) is 11.5 Å². The number of methoxy groups -OCH3 is 1. The van der Waals surface area contributed by atoms with Crippen molar-refractivity contribution in [1.29, 1.82) is 0 Å². The van der Waals surface area contributed by atoms with Crippen LogP contribution < -0.4 is 14.8 Å². The third kappa shape index (κ3) is 3.86. The molecule has 3 nitrogen and oxygen atoms in total. The molecular weight excluding hydrogens is 282 g/mol. The minimum Gasteiger partial charge on any atom is -0.493 e. The number of thioether (sulfide) groups is 1. The molecule has 2 fully saturated rings. The Balaban J connectivity index is 1.71. The summed E-state index contributed by atoms with van der Waals surface area (Å²) >= 11 is 1.99. The molecule has 4 heteroatoms. The summed E-state index contributed by atoms with van der Waals surface area (Å²) in [6.07, 6.45) is 6.54. The maximum Gasteiger partial charge on any atom is 0.161 e. The van der Waals surface area contributed by atoms with Gasteiger partial charge in [0, 0.05) is 11.8 Å². The average molecular weight is 307 g/mol. The molecule has 2 atom stereocenters. The Morgan fingerprint density at radius 1 is 1.14 bits per heavy atom. The first-order valence-electron chi connectivity index (χ1n) is 8.02. The van der Waals surface area contributed by atoms with E-state index in [0.29, 0.717) is 12.1 Å². The molecule has 0 aliphatic carbocycles. The highest BCUT2D eigenvalue weighted by Crippen LogP contribution is 2.34. The van der Waals surface area contributed by atoms with E-state index < -0.39 is 0 Å². The third-order valence-electron chi connectivity index (χ3n) is 4.31. The van der Waals surface area contributed by atoms with E-state index >= 15 is 0 Å². The Hall–Kier alpha value is -0.870. The lowest BCUT2D eigenvalue weighted by atomic mass is 9.97. The summed E-state index contributed by atoms with van der Waals surface area (Å²) in [7, 11) is 1.73. The van der Waals surface area contributed by atoms with Crippen LogP contribution in [-0.4, -0.2) is 31.3 Å².